The van der Waals surface area contributed by atoms with Crippen LogP contribution >= 0.6 is 22.9 Å². The van der Waals surface area contributed by atoms with Gasteiger partial charge in [-0.2, -0.15) is 0 Å². The van der Waals surface area contributed by atoms with Crippen LogP contribution in [0.5, 0.6) is 5.88 Å². The Morgan fingerprint density at radius 1 is 1.20 bits per heavy atom. The summed E-state index contributed by atoms with van der Waals surface area (Å²) < 4.78 is 41.7. The number of carbonyl (C=O) groups is 1. The second-order valence-corrected chi connectivity index (χ2v) is 11.2. The van der Waals surface area contributed by atoms with Crippen molar-refractivity contribution in [1.29, 1.82) is 0 Å². The lowest BCUT2D eigenvalue weighted by molar-refractivity contribution is -0.0591. The van der Waals surface area contributed by atoms with Gasteiger partial charge in [-0.15, -0.1) is 11.3 Å². The molecule has 5 heterocycles. The molecule has 1 atom stereocenters. The van der Waals surface area contributed by atoms with Crippen molar-refractivity contribution in [2.45, 2.75) is 38.6 Å². The van der Waals surface area contributed by atoms with Crippen LogP contribution in [0.3, 0.4) is 0 Å². The molecular formula is C28H25ClF2N4O4S. The van der Waals surface area contributed by atoms with Gasteiger partial charge in [-0.3, -0.25) is 4.90 Å². The molecule has 1 saturated heterocycles. The quantitative estimate of drug-likeness (QED) is 0.266. The zero-order chi connectivity index (χ0) is 27.8. The predicted octanol–water partition coefficient (Wildman–Crippen LogP) is 5.78. The predicted molar refractivity (Wildman–Crippen MR) is 147 cm³/mol. The van der Waals surface area contributed by atoms with Gasteiger partial charge >= 0.3 is 5.97 Å². The van der Waals surface area contributed by atoms with Crippen molar-refractivity contribution in [1.82, 2.24) is 19.4 Å². The Morgan fingerprint density at radius 3 is 2.75 bits per heavy atom. The molecule has 40 heavy (non-hydrogen) atoms. The molecule has 0 radical (unpaired) electrons. The molecule has 3 aromatic heterocycles. The van der Waals surface area contributed by atoms with Crippen LogP contribution in [-0.4, -0.2) is 56.3 Å². The molecule has 0 saturated carbocycles. The summed E-state index contributed by atoms with van der Waals surface area (Å²) in [5, 5.41) is 9.67. The highest BCUT2D eigenvalue weighted by molar-refractivity contribution is 7.20. The van der Waals surface area contributed by atoms with Gasteiger partial charge < -0.3 is 19.1 Å². The molecule has 0 aliphatic carbocycles. The van der Waals surface area contributed by atoms with E-state index in [9.17, 15) is 18.7 Å². The fourth-order valence-electron chi connectivity index (χ4n) is 4.78. The van der Waals surface area contributed by atoms with Crippen LogP contribution in [0, 0.1) is 11.6 Å². The highest BCUT2D eigenvalue weighted by Gasteiger charge is 2.25. The molecule has 0 amide bonds. The second-order valence-electron chi connectivity index (χ2n) is 9.75. The average Bonchev–Trinajstić information content (AvgIpc) is 3.45. The number of fused-ring (bicyclic) bond motifs is 1. The molecule has 1 aromatic carbocycles. The number of carboxylic acid groups (broad SMARTS) is 1. The van der Waals surface area contributed by atoms with Gasteiger partial charge in [0.1, 0.15) is 33.5 Å². The molecule has 2 aliphatic heterocycles. The van der Waals surface area contributed by atoms with E-state index in [1.165, 1.54) is 29.5 Å². The van der Waals surface area contributed by atoms with E-state index in [4.69, 9.17) is 26.1 Å². The Labute approximate surface area is 237 Å². The summed E-state index contributed by atoms with van der Waals surface area (Å²) >= 11 is 7.03. The Morgan fingerprint density at radius 2 is 2.05 bits per heavy atom. The van der Waals surface area contributed by atoms with Crippen LogP contribution in [0.25, 0.3) is 15.9 Å². The number of hydrogen-bond acceptors (Lipinski definition) is 7. The molecule has 0 bridgehead atoms. The van der Waals surface area contributed by atoms with Crippen LogP contribution in [0.15, 0.2) is 42.5 Å². The summed E-state index contributed by atoms with van der Waals surface area (Å²) in [5.74, 6) is -1.41. The Kier molecular flexibility index (Phi) is 7.54. The zero-order valence-electron chi connectivity index (χ0n) is 21.3. The number of aromatic carboxylic acids is 1. The lowest BCUT2D eigenvalue weighted by Gasteiger charge is -2.29. The van der Waals surface area contributed by atoms with Crippen LogP contribution in [-0.2, 0) is 24.4 Å². The second kappa shape index (κ2) is 11.2. The number of benzene rings is 1. The SMILES string of the molecule is O=C(O)c1cc2nc(CN3CC=C(c4ccc(F)c(OCc5ccc(Cl)cc5F)n4)CC3)n(C[C@@H]3CCO3)c2s1. The topological polar surface area (TPSA) is 89.7 Å². The maximum absolute atomic E-state index is 14.4. The van der Waals surface area contributed by atoms with Crippen LogP contribution < -0.4 is 4.74 Å². The number of nitrogens with zero attached hydrogens (tertiary/aromatic N) is 4. The minimum Gasteiger partial charge on any atom is -0.477 e. The van der Waals surface area contributed by atoms with Crippen molar-refractivity contribution in [2.24, 2.45) is 0 Å². The molecule has 1 fully saturated rings. The lowest BCUT2D eigenvalue weighted by Crippen LogP contribution is -2.33. The van der Waals surface area contributed by atoms with Gasteiger partial charge in [0, 0.05) is 30.3 Å². The Hall–Kier alpha value is -3.38. The van der Waals surface area contributed by atoms with E-state index >= 15 is 0 Å². The van der Waals surface area contributed by atoms with Crippen molar-refractivity contribution in [3.63, 3.8) is 0 Å². The maximum Gasteiger partial charge on any atom is 0.346 e. The molecule has 12 heteroatoms. The van der Waals surface area contributed by atoms with Gasteiger partial charge in [0.05, 0.1) is 24.9 Å². The average molecular weight is 587 g/mol. The van der Waals surface area contributed by atoms with E-state index in [0.29, 0.717) is 37.3 Å². The molecule has 8 nitrogen and oxygen atoms in total. The van der Waals surface area contributed by atoms with E-state index < -0.39 is 17.6 Å². The number of imidazole rings is 1. The van der Waals surface area contributed by atoms with Crippen LogP contribution in [0.1, 0.15) is 39.6 Å². The summed E-state index contributed by atoms with van der Waals surface area (Å²) in [7, 11) is 0. The first-order chi connectivity index (χ1) is 19.3. The van der Waals surface area contributed by atoms with E-state index in [1.54, 1.807) is 18.2 Å². The number of pyridine rings is 1. The van der Waals surface area contributed by atoms with Crippen molar-refractivity contribution >= 4 is 44.8 Å². The normalized spacial score (nSPS) is 17.6. The van der Waals surface area contributed by atoms with Crippen molar-refractivity contribution < 1.29 is 28.2 Å². The molecule has 1 N–H and O–H groups in total. The summed E-state index contributed by atoms with van der Waals surface area (Å²) in [6.07, 6.45) is 3.82. The molecule has 6 rings (SSSR count). The number of thiophene rings is 1. The van der Waals surface area contributed by atoms with E-state index in [-0.39, 0.29) is 34.1 Å². The third-order valence-corrected chi connectivity index (χ3v) is 8.44. The maximum atomic E-state index is 14.4. The summed E-state index contributed by atoms with van der Waals surface area (Å²) in [5.41, 5.74) is 2.52. The molecule has 2 aliphatic rings. The van der Waals surface area contributed by atoms with Crippen molar-refractivity contribution in [2.75, 3.05) is 19.7 Å². The smallest absolute Gasteiger partial charge is 0.346 e. The summed E-state index contributed by atoms with van der Waals surface area (Å²) in [6.45, 7) is 3.18. The third kappa shape index (κ3) is 5.60. The van der Waals surface area contributed by atoms with Gasteiger partial charge in [-0.25, -0.2) is 23.5 Å². The number of halogens is 3. The summed E-state index contributed by atoms with van der Waals surface area (Å²) in [4.78, 5) is 24.0. The number of aromatic nitrogens is 3. The van der Waals surface area contributed by atoms with E-state index in [1.807, 2.05) is 0 Å². The van der Waals surface area contributed by atoms with Gasteiger partial charge in [-0.1, -0.05) is 23.7 Å². The number of ether oxygens (including phenoxy) is 2. The minimum atomic E-state index is -0.954. The first-order valence-electron chi connectivity index (χ1n) is 12.8. The minimum absolute atomic E-state index is 0.108. The number of hydrogen-bond donors (Lipinski definition) is 1. The fourth-order valence-corrected chi connectivity index (χ4v) is 5.91. The zero-order valence-corrected chi connectivity index (χ0v) is 22.9. The van der Waals surface area contributed by atoms with Crippen molar-refractivity contribution in [3.05, 3.63) is 81.1 Å². The first kappa shape index (κ1) is 26.8. The molecule has 0 unspecified atom stereocenters. The molecule has 4 aromatic rings. The Bertz CT molecular complexity index is 1620. The Balaban J connectivity index is 1.15. The van der Waals surface area contributed by atoms with Gasteiger partial charge in [0.25, 0.3) is 5.88 Å². The van der Waals surface area contributed by atoms with Crippen LogP contribution in [0.4, 0.5) is 8.78 Å². The van der Waals surface area contributed by atoms with Gasteiger partial charge in [0.2, 0.25) is 0 Å². The molecule has 208 valence electrons. The highest BCUT2D eigenvalue weighted by atomic mass is 35.5. The van der Waals surface area contributed by atoms with Crippen LogP contribution in [0.2, 0.25) is 5.02 Å². The van der Waals surface area contributed by atoms with Gasteiger partial charge in [0.15, 0.2) is 5.82 Å². The largest absolute Gasteiger partial charge is 0.477 e. The van der Waals surface area contributed by atoms with E-state index in [2.05, 4.69) is 20.5 Å². The third-order valence-electron chi connectivity index (χ3n) is 7.07. The fraction of sp³-hybridized carbons (Fsp3) is 0.321. The monoisotopic (exact) mass is 586 g/mol. The number of carboxylic acids is 1. The van der Waals surface area contributed by atoms with Gasteiger partial charge in [-0.05, 0) is 48.7 Å². The number of rotatable bonds is 9. The highest BCUT2D eigenvalue weighted by Crippen LogP contribution is 2.30. The summed E-state index contributed by atoms with van der Waals surface area (Å²) in [6, 6.07) is 8.78. The van der Waals surface area contributed by atoms with Crippen molar-refractivity contribution in [3.8, 4) is 5.88 Å². The molecular weight excluding hydrogens is 562 g/mol. The van der Waals surface area contributed by atoms with E-state index in [0.717, 1.165) is 35.8 Å². The lowest BCUT2D eigenvalue weighted by atomic mass is 10.0. The standard InChI is InChI=1S/C28H25ClF2N4O4S/c29-18-2-1-17(21(31)11-18)15-39-26-20(30)3-4-22(33-26)16-5-8-34(9-6-16)14-25-32-23-12-24(28(36)37)40-27(23)35(25)13-19-7-10-38-19/h1-5,11-12,19H,6-10,13-15H2,(H,36,37)/t19-/m0/s1. The first-order valence-corrected chi connectivity index (χ1v) is 14.0. The molecule has 0 spiro atoms.